The Hall–Kier alpha value is -1.44. The monoisotopic (exact) mass is 292 g/mol. The normalized spacial score (nSPS) is 14.3. The smallest absolute Gasteiger partial charge is 0.173 e. The van der Waals surface area contributed by atoms with Crippen molar-refractivity contribution in [2.24, 2.45) is 10.8 Å². The van der Waals surface area contributed by atoms with E-state index in [4.69, 9.17) is 0 Å². The van der Waals surface area contributed by atoms with E-state index in [1.807, 2.05) is 36.4 Å². The molecule has 0 saturated carbocycles. The lowest BCUT2D eigenvalue weighted by Crippen LogP contribution is -2.17. The predicted molar refractivity (Wildman–Crippen MR) is 86.5 cm³/mol. The lowest BCUT2D eigenvalue weighted by Gasteiger charge is -2.29. The highest BCUT2D eigenvalue weighted by molar-refractivity contribution is 5.32. The highest BCUT2D eigenvalue weighted by Gasteiger charge is 2.25. The Kier molecular flexibility index (Phi) is 5.49. The van der Waals surface area contributed by atoms with Crippen LogP contribution in [0.2, 0.25) is 0 Å². The van der Waals surface area contributed by atoms with Crippen LogP contribution in [0.1, 0.15) is 53.0 Å². The van der Waals surface area contributed by atoms with Crippen LogP contribution in [0.4, 0.5) is 8.78 Å². The van der Waals surface area contributed by atoms with Crippen LogP contribution < -0.4 is 0 Å². The van der Waals surface area contributed by atoms with E-state index in [0.717, 1.165) is 5.56 Å². The number of rotatable bonds is 3. The first kappa shape index (κ1) is 17.6. The minimum Gasteiger partial charge on any atom is -0.173 e. The molecule has 1 aromatic rings. The fourth-order valence-corrected chi connectivity index (χ4v) is 2.35. The molecule has 0 aromatic heterocycles. The molecule has 0 saturated heterocycles. The molecule has 0 N–H and O–H groups in total. The Morgan fingerprint density at radius 2 is 1.48 bits per heavy atom. The first-order chi connectivity index (χ1) is 9.53. The lowest BCUT2D eigenvalue weighted by molar-refractivity contribution is 0.362. The van der Waals surface area contributed by atoms with Crippen molar-refractivity contribution in [2.45, 2.75) is 47.5 Å². The first-order valence-electron chi connectivity index (χ1n) is 7.32. The van der Waals surface area contributed by atoms with Crippen LogP contribution in [0.3, 0.4) is 0 Å². The van der Waals surface area contributed by atoms with E-state index in [-0.39, 0.29) is 16.9 Å². The lowest BCUT2D eigenvalue weighted by atomic mass is 9.75. The molecule has 0 radical (unpaired) electrons. The molecule has 0 fully saturated rings. The third-order valence-electron chi connectivity index (χ3n) is 3.56. The SMILES string of the molecule is CC(C)(C)C(/C=C/C(c1ccccc1)C(C)(C)C)=C(F)F. The van der Waals surface area contributed by atoms with Gasteiger partial charge in [-0.05, 0) is 16.4 Å². The zero-order valence-electron chi connectivity index (χ0n) is 13.9. The molecule has 0 aliphatic rings. The van der Waals surface area contributed by atoms with Crippen molar-refractivity contribution in [2.75, 3.05) is 0 Å². The van der Waals surface area contributed by atoms with Gasteiger partial charge < -0.3 is 0 Å². The van der Waals surface area contributed by atoms with Crippen molar-refractivity contribution < 1.29 is 8.78 Å². The fraction of sp³-hybridized carbons (Fsp3) is 0.474. The molecule has 0 nitrogen and oxygen atoms in total. The third-order valence-corrected chi connectivity index (χ3v) is 3.56. The van der Waals surface area contributed by atoms with Crippen molar-refractivity contribution in [1.29, 1.82) is 0 Å². The van der Waals surface area contributed by atoms with Crippen LogP contribution in [-0.2, 0) is 0 Å². The van der Waals surface area contributed by atoms with E-state index in [1.54, 1.807) is 26.8 Å². The quantitative estimate of drug-likeness (QED) is 0.553. The zero-order chi connectivity index (χ0) is 16.3. The molecule has 0 spiro atoms. The van der Waals surface area contributed by atoms with Crippen molar-refractivity contribution in [1.82, 2.24) is 0 Å². The van der Waals surface area contributed by atoms with E-state index in [9.17, 15) is 8.78 Å². The van der Waals surface area contributed by atoms with E-state index in [2.05, 4.69) is 20.8 Å². The summed E-state index contributed by atoms with van der Waals surface area (Å²) >= 11 is 0. The van der Waals surface area contributed by atoms with Gasteiger partial charge in [-0.3, -0.25) is 0 Å². The van der Waals surface area contributed by atoms with Gasteiger partial charge in [0.2, 0.25) is 0 Å². The molecular formula is C19H26F2. The molecule has 0 amide bonds. The summed E-state index contributed by atoms with van der Waals surface area (Å²) in [6.07, 6.45) is 1.91. The summed E-state index contributed by atoms with van der Waals surface area (Å²) in [4.78, 5) is 0. The molecule has 1 aromatic carbocycles. The van der Waals surface area contributed by atoms with Gasteiger partial charge in [-0.25, -0.2) is 0 Å². The molecule has 0 bridgehead atoms. The highest BCUT2D eigenvalue weighted by Crippen LogP contribution is 2.38. The zero-order valence-corrected chi connectivity index (χ0v) is 13.9. The maximum absolute atomic E-state index is 13.2. The van der Waals surface area contributed by atoms with Gasteiger partial charge in [0.1, 0.15) is 0 Å². The van der Waals surface area contributed by atoms with Crippen molar-refractivity contribution in [3.63, 3.8) is 0 Å². The van der Waals surface area contributed by atoms with E-state index in [0.29, 0.717) is 0 Å². The highest BCUT2D eigenvalue weighted by atomic mass is 19.3. The summed E-state index contributed by atoms with van der Waals surface area (Å²) in [7, 11) is 0. The summed E-state index contributed by atoms with van der Waals surface area (Å²) in [5.41, 5.74) is 0.656. The second-order valence-electron chi connectivity index (χ2n) is 7.54. The molecule has 1 unspecified atom stereocenters. The van der Waals surface area contributed by atoms with Crippen LogP contribution in [0, 0.1) is 10.8 Å². The summed E-state index contributed by atoms with van der Waals surface area (Å²) in [6.45, 7) is 11.8. The van der Waals surface area contributed by atoms with Gasteiger partial charge in [-0.2, -0.15) is 8.78 Å². The molecule has 0 aliphatic carbocycles. The van der Waals surface area contributed by atoms with Crippen LogP contribution in [0.15, 0.2) is 54.1 Å². The van der Waals surface area contributed by atoms with Crippen molar-refractivity contribution in [3.05, 3.63) is 59.7 Å². The maximum Gasteiger partial charge on any atom is 0.273 e. The Balaban J connectivity index is 3.20. The second-order valence-corrected chi connectivity index (χ2v) is 7.54. The number of hydrogen-bond acceptors (Lipinski definition) is 0. The van der Waals surface area contributed by atoms with Gasteiger partial charge in [0.15, 0.2) is 0 Å². The predicted octanol–water partition coefficient (Wildman–Crippen LogP) is 6.57. The first-order valence-corrected chi connectivity index (χ1v) is 7.32. The molecule has 1 rings (SSSR count). The number of hydrogen-bond donors (Lipinski definition) is 0. The van der Waals surface area contributed by atoms with Gasteiger partial charge in [0.05, 0.1) is 0 Å². The molecular weight excluding hydrogens is 266 g/mol. The molecule has 2 heteroatoms. The number of benzene rings is 1. The van der Waals surface area contributed by atoms with Crippen molar-refractivity contribution in [3.8, 4) is 0 Å². The van der Waals surface area contributed by atoms with Gasteiger partial charge in [0, 0.05) is 11.5 Å². The number of halogens is 2. The number of allylic oxidation sites excluding steroid dienone is 3. The van der Waals surface area contributed by atoms with Gasteiger partial charge in [-0.1, -0.05) is 84.0 Å². The van der Waals surface area contributed by atoms with Crippen LogP contribution in [-0.4, -0.2) is 0 Å². The van der Waals surface area contributed by atoms with E-state index >= 15 is 0 Å². The minimum absolute atomic E-state index is 0.0341. The van der Waals surface area contributed by atoms with Gasteiger partial charge in [0.25, 0.3) is 6.08 Å². The minimum atomic E-state index is -1.60. The summed E-state index contributed by atoms with van der Waals surface area (Å²) in [5, 5.41) is 0. The topological polar surface area (TPSA) is 0 Å². The Morgan fingerprint density at radius 3 is 1.86 bits per heavy atom. The van der Waals surface area contributed by atoms with Gasteiger partial charge in [-0.15, -0.1) is 0 Å². The molecule has 116 valence electrons. The standard InChI is InChI=1S/C19H26F2/c1-18(2,3)15(14-10-8-7-9-11-14)12-13-16(17(20)21)19(4,5)6/h7-13,15H,1-6H3/b13-12+. The largest absolute Gasteiger partial charge is 0.273 e. The molecule has 1 atom stereocenters. The average Bonchev–Trinajstić information content (AvgIpc) is 2.32. The Morgan fingerprint density at radius 1 is 0.952 bits per heavy atom. The van der Waals surface area contributed by atoms with E-state index < -0.39 is 11.5 Å². The van der Waals surface area contributed by atoms with Crippen molar-refractivity contribution >= 4 is 0 Å². The van der Waals surface area contributed by atoms with Crippen LogP contribution >= 0.6 is 0 Å². The maximum atomic E-state index is 13.2. The van der Waals surface area contributed by atoms with Crippen LogP contribution in [0.25, 0.3) is 0 Å². The second kappa shape index (κ2) is 6.55. The van der Waals surface area contributed by atoms with E-state index in [1.165, 1.54) is 0 Å². The summed E-state index contributed by atoms with van der Waals surface area (Å²) < 4.78 is 26.3. The van der Waals surface area contributed by atoms with Crippen LogP contribution in [0.5, 0.6) is 0 Å². The Bertz CT molecular complexity index is 507. The summed E-state index contributed by atoms with van der Waals surface area (Å²) in [6, 6.07) is 10.0. The average molecular weight is 292 g/mol. The summed E-state index contributed by atoms with van der Waals surface area (Å²) in [5.74, 6) is 0.0930. The van der Waals surface area contributed by atoms with Gasteiger partial charge >= 0.3 is 0 Å². The molecule has 0 heterocycles. The molecule has 21 heavy (non-hydrogen) atoms. The third kappa shape index (κ3) is 5.11. The fourth-order valence-electron chi connectivity index (χ4n) is 2.35. The molecule has 0 aliphatic heterocycles. The Labute approximate surface area is 127 Å².